The van der Waals surface area contributed by atoms with Crippen molar-refractivity contribution in [1.82, 2.24) is 4.98 Å². The highest BCUT2D eigenvalue weighted by molar-refractivity contribution is 6.01. The topological polar surface area (TPSA) is 69.1 Å². The molecule has 1 aromatic heterocycles. The summed E-state index contributed by atoms with van der Waals surface area (Å²) in [5.74, 6) is -0.0486. The Morgan fingerprint density at radius 1 is 1.67 bits per heavy atom. The fourth-order valence-corrected chi connectivity index (χ4v) is 0.910. The highest BCUT2D eigenvalue weighted by Crippen LogP contribution is 2.34. The molecule has 1 aliphatic carbocycles. The molecule has 0 aromatic carbocycles. The molecule has 1 saturated carbocycles. The van der Waals surface area contributed by atoms with Gasteiger partial charge in [-0.1, -0.05) is 0 Å². The zero-order valence-corrected chi connectivity index (χ0v) is 7.13. The van der Waals surface area contributed by atoms with E-state index in [2.05, 4.69) is 4.98 Å². The second kappa shape index (κ2) is 2.88. The number of ketones is 1. The van der Waals surface area contributed by atoms with E-state index in [4.69, 9.17) is 10.2 Å². The van der Waals surface area contributed by atoms with Crippen molar-refractivity contribution in [3.8, 4) is 0 Å². The molecule has 2 rings (SSSR count). The molecule has 1 fully saturated rings. The van der Waals surface area contributed by atoms with Crippen LogP contribution in [-0.4, -0.2) is 16.3 Å². The van der Waals surface area contributed by atoms with E-state index in [-0.39, 0.29) is 24.1 Å². The molecule has 5 heteroatoms. The van der Waals surface area contributed by atoms with Gasteiger partial charge in [0.1, 0.15) is 6.26 Å². The van der Waals surface area contributed by atoms with Gasteiger partial charge in [-0.2, -0.15) is 0 Å². The number of carbonyl (C=O) groups excluding carboxylic acids is 1. The zero-order chi connectivity index (χ0) is 7.90. The number of aromatic nitrogens is 1. The summed E-state index contributed by atoms with van der Waals surface area (Å²) in [5, 5.41) is 0. The molecule has 0 spiro atoms. The van der Waals surface area contributed by atoms with Crippen LogP contribution >= 0.6 is 12.4 Å². The molecule has 4 nitrogen and oxygen atoms in total. The van der Waals surface area contributed by atoms with Crippen molar-refractivity contribution in [3.63, 3.8) is 0 Å². The van der Waals surface area contributed by atoms with Gasteiger partial charge in [0.2, 0.25) is 5.78 Å². The summed E-state index contributed by atoms with van der Waals surface area (Å²) >= 11 is 0. The average molecular weight is 189 g/mol. The van der Waals surface area contributed by atoms with E-state index in [0.717, 1.165) is 12.8 Å². The standard InChI is InChI=1S/C7H8N2O2.ClH/c8-7(1-2-7)5(10)6-9-3-4-11-6;/h3-4H,1-2,8H2;1H. The van der Waals surface area contributed by atoms with Crippen molar-refractivity contribution < 1.29 is 9.21 Å². The van der Waals surface area contributed by atoms with E-state index in [0.29, 0.717) is 0 Å². The second-order valence-corrected chi connectivity index (χ2v) is 2.82. The predicted molar refractivity (Wildman–Crippen MR) is 44.2 cm³/mol. The lowest BCUT2D eigenvalue weighted by Crippen LogP contribution is -2.32. The number of nitrogens with two attached hydrogens (primary N) is 1. The zero-order valence-electron chi connectivity index (χ0n) is 6.32. The third kappa shape index (κ3) is 1.35. The minimum atomic E-state index is -0.662. The number of halogens is 1. The van der Waals surface area contributed by atoms with Crippen LogP contribution in [0.3, 0.4) is 0 Å². The van der Waals surface area contributed by atoms with Crippen LogP contribution in [0.25, 0.3) is 0 Å². The van der Waals surface area contributed by atoms with E-state index in [1.54, 1.807) is 0 Å². The SMILES string of the molecule is Cl.NC1(C(=O)c2ncco2)CC1. The minimum absolute atomic E-state index is 0. The maximum Gasteiger partial charge on any atom is 0.265 e. The summed E-state index contributed by atoms with van der Waals surface area (Å²) in [6, 6.07) is 0. The predicted octanol–water partition coefficient (Wildman–Crippen LogP) is 0.770. The van der Waals surface area contributed by atoms with E-state index in [1.165, 1.54) is 12.5 Å². The van der Waals surface area contributed by atoms with Crippen LogP contribution in [0.5, 0.6) is 0 Å². The Morgan fingerprint density at radius 2 is 2.33 bits per heavy atom. The van der Waals surface area contributed by atoms with Crippen LogP contribution in [-0.2, 0) is 0 Å². The first-order chi connectivity index (χ1) is 5.22. The van der Waals surface area contributed by atoms with Crippen molar-refractivity contribution in [2.75, 3.05) is 0 Å². The number of nitrogens with zero attached hydrogens (tertiary/aromatic N) is 1. The average Bonchev–Trinajstić information content (AvgIpc) is 2.54. The Kier molecular flexibility index (Phi) is 2.21. The Hall–Kier alpha value is -0.870. The molecule has 0 aliphatic heterocycles. The van der Waals surface area contributed by atoms with Crippen molar-refractivity contribution in [1.29, 1.82) is 0 Å². The molecule has 0 amide bonds. The first kappa shape index (κ1) is 9.22. The number of Topliss-reactive ketones (excluding diaryl/α,β-unsaturated/α-hetero) is 1. The fraction of sp³-hybridized carbons (Fsp3) is 0.429. The van der Waals surface area contributed by atoms with Crippen molar-refractivity contribution in [2.45, 2.75) is 18.4 Å². The van der Waals surface area contributed by atoms with Gasteiger partial charge < -0.3 is 10.2 Å². The summed E-state index contributed by atoms with van der Waals surface area (Å²) in [6.45, 7) is 0. The van der Waals surface area contributed by atoms with Gasteiger partial charge in [-0.15, -0.1) is 12.4 Å². The number of rotatable bonds is 2. The highest BCUT2D eigenvalue weighted by atomic mass is 35.5. The molecule has 0 bridgehead atoms. The van der Waals surface area contributed by atoms with Crippen LogP contribution in [0, 0.1) is 0 Å². The molecule has 0 unspecified atom stereocenters. The number of hydrogen-bond acceptors (Lipinski definition) is 4. The van der Waals surface area contributed by atoms with Gasteiger partial charge in [-0.05, 0) is 12.8 Å². The maximum absolute atomic E-state index is 11.3. The van der Waals surface area contributed by atoms with Gasteiger partial charge >= 0.3 is 0 Å². The smallest absolute Gasteiger partial charge is 0.265 e. The molecule has 1 heterocycles. The molecule has 12 heavy (non-hydrogen) atoms. The molecule has 2 N–H and O–H groups in total. The lowest BCUT2D eigenvalue weighted by Gasteiger charge is -2.00. The molecule has 66 valence electrons. The summed E-state index contributed by atoms with van der Waals surface area (Å²) in [6.07, 6.45) is 4.31. The maximum atomic E-state index is 11.3. The monoisotopic (exact) mass is 188 g/mol. The molecular weight excluding hydrogens is 180 g/mol. The quantitative estimate of drug-likeness (QED) is 0.696. The van der Waals surface area contributed by atoms with Gasteiger partial charge in [0.25, 0.3) is 5.89 Å². The normalized spacial score (nSPS) is 18.1. The first-order valence-corrected chi connectivity index (χ1v) is 3.45. The molecule has 1 aliphatic rings. The number of oxazole rings is 1. The fourth-order valence-electron chi connectivity index (χ4n) is 0.910. The van der Waals surface area contributed by atoms with E-state index in [1.807, 2.05) is 0 Å². The molecule has 1 aromatic rings. The lowest BCUT2D eigenvalue weighted by atomic mass is 10.2. The third-order valence-electron chi connectivity index (χ3n) is 1.87. The molecule has 0 atom stereocenters. The van der Waals surface area contributed by atoms with Crippen LogP contribution in [0.2, 0.25) is 0 Å². The molecule has 0 radical (unpaired) electrons. The van der Waals surface area contributed by atoms with Gasteiger partial charge in [-0.25, -0.2) is 4.98 Å². The summed E-state index contributed by atoms with van der Waals surface area (Å²) < 4.78 is 4.82. The van der Waals surface area contributed by atoms with E-state index in [9.17, 15) is 4.79 Å². The van der Waals surface area contributed by atoms with Crippen LogP contribution < -0.4 is 5.73 Å². The van der Waals surface area contributed by atoms with Gasteiger partial charge in [0, 0.05) is 0 Å². The van der Waals surface area contributed by atoms with Crippen molar-refractivity contribution >= 4 is 18.2 Å². The van der Waals surface area contributed by atoms with Gasteiger partial charge in [-0.3, -0.25) is 4.79 Å². The Labute approximate surface area is 75.6 Å². The summed E-state index contributed by atoms with van der Waals surface area (Å²) in [5.41, 5.74) is 4.97. The molecule has 0 saturated heterocycles. The largest absolute Gasteiger partial charge is 0.442 e. The van der Waals surface area contributed by atoms with E-state index >= 15 is 0 Å². The van der Waals surface area contributed by atoms with Crippen LogP contribution in [0.4, 0.5) is 0 Å². The van der Waals surface area contributed by atoms with Gasteiger partial charge in [0.15, 0.2) is 0 Å². The van der Waals surface area contributed by atoms with Crippen LogP contribution in [0.1, 0.15) is 23.5 Å². The summed E-state index contributed by atoms with van der Waals surface area (Å²) in [7, 11) is 0. The number of carbonyl (C=O) groups is 1. The Bertz CT molecular complexity index is 280. The second-order valence-electron chi connectivity index (χ2n) is 2.82. The Morgan fingerprint density at radius 3 is 2.75 bits per heavy atom. The van der Waals surface area contributed by atoms with Crippen LogP contribution in [0.15, 0.2) is 16.9 Å². The first-order valence-electron chi connectivity index (χ1n) is 3.45. The number of hydrogen-bond donors (Lipinski definition) is 1. The Balaban J connectivity index is 0.000000720. The lowest BCUT2D eigenvalue weighted by molar-refractivity contribution is 0.0914. The van der Waals surface area contributed by atoms with E-state index < -0.39 is 5.54 Å². The summed E-state index contributed by atoms with van der Waals surface area (Å²) in [4.78, 5) is 15.0. The molecular formula is C7H9ClN2O2. The van der Waals surface area contributed by atoms with Gasteiger partial charge in [0.05, 0.1) is 11.7 Å². The third-order valence-corrected chi connectivity index (χ3v) is 1.87. The van der Waals surface area contributed by atoms with Crippen molar-refractivity contribution in [2.24, 2.45) is 5.73 Å². The highest BCUT2D eigenvalue weighted by Gasteiger charge is 2.48. The minimum Gasteiger partial charge on any atom is -0.442 e. The van der Waals surface area contributed by atoms with Crippen molar-refractivity contribution in [3.05, 3.63) is 18.4 Å².